The Balaban J connectivity index is 1.31. The second kappa shape index (κ2) is 11.6. The van der Waals surface area contributed by atoms with Gasteiger partial charge in [-0.25, -0.2) is 36.7 Å². The highest BCUT2D eigenvalue weighted by Crippen LogP contribution is 2.40. The van der Waals surface area contributed by atoms with Crippen molar-refractivity contribution in [3.63, 3.8) is 0 Å². The third kappa shape index (κ3) is 5.85. The number of hydrogen-bond acceptors (Lipinski definition) is 5. The SMILES string of the molecule is CC1(C)COCC1n1c(Cc2cc(F)c(-c3cccc(OCc4cc(F)c(F)cc4F)n3)cc2F)nc2ccc(C(=O)O)cc21. The van der Waals surface area contributed by atoms with Crippen LogP contribution < -0.4 is 4.74 Å². The molecule has 12 heteroatoms. The molecule has 1 atom stereocenters. The molecule has 1 unspecified atom stereocenters. The molecule has 3 heterocycles. The highest BCUT2D eigenvalue weighted by atomic mass is 19.2. The Hall–Kier alpha value is -4.84. The van der Waals surface area contributed by atoms with Crippen molar-refractivity contribution in [1.82, 2.24) is 14.5 Å². The molecule has 0 radical (unpaired) electrons. The average molecular weight is 624 g/mol. The number of hydrogen-bond donors (Lipinski definition) is 1. The Morgan fingerprint density at radius 3 is 2.40 bits per heavy atom. The predicted molar refractivity (Wildman–Crippen MR) is 153 cm³/mol. The van der Waals surface area contributed by atoms with Gasteiger partial charge >= 0.3 is 5.97 Å². The van der Waals surface area contributed by atoms with E-state index in [1.807, 2.05) is 18.4 Å². The summed E-state index contributed by atoms with van der Waals surface area (Å²) in [5.74, 6) is -5.84. The van der Waals surface area contributed by atoms with Crippen LogP contribution in [0, 0.1) is 34.5 Å². The number of carbonyl (C=O) groups is 1. The molecule has 7 nitrogen and oxygen atoms in total. The third-order valence-corrected chi connectivity index (χ3v) is 7.92. The van der Waals surface area contributed by atoms with Crippen molar-refractivity contribution in [2.24, 2.45) is 5.41 Å². The fourth-order valence-corrected chi connectivity index (χ4v) is 5.49. The van der Waals surface area contributed by atoms with Gasteiger partial charge in [-0.3, -0.25) is 0 Å². The number of imidazole rings is 1. The van der Waals surface area contributed by atoms with Gasteiger partial charge in [0.25, 0.3) is 0 Å². The number of ether oxygens (including phenoxy) is 2. The van der Waals surface area contributed by atoms with Crippen LogP contribution in [0.4, 0.5) is 22.0 Å². The molecule has 45 heavy (non-hydrogen) atoms. The lowest BCUT2D eigenvalue weighted by Gasteiger charge is -2.28. The topological polar surface area (TPSA) is 86.5 Å². The molecule has 1 aliphatic rings. The van der Waals surface area contributed by atoms with Crippen molar-refractivity contribution in [3.8, 4) is 17.1 Å². The van der Waals surface area contributed by atoms with Crippen LogP contribution in [-0.4, -0.2) is 38.8 Å². The highest BCUT2D eigenvalue weighted by molar-refractivity contribution is 5.92. The average Bonchev–Trinajstić information content (AvgIpc) is 3.53. The number of benzene rings is 3. The molecule has 1 aliphatic heterocycles. The number of carboxylic acid groups (broad SMARTS) is 1. The largest absolute Gasteiger partial charge is 0.478 e. The van der Waals surface area contributed by atoms with Crippen molar-refractivity contribution in [2.75, 3.05) is 13.2 Å². The molecular formula is C33H26F5N3O4. The molecular weight excluding hydrogens is 597 g/mol. The molecule has 6 rings (SSSR count). The number of aromatic nitrogens is 3. The van der Waals surface area contributed by atoms with E-state index in [0.29, 0.717) is 42.2 Å². The van der Waals surface area contributed by atoms with E-state index in [1.165, 1.54) is 30.3 Å². The maximum absolute atomic E-state index is 15.6. The van der Waals surface area contributed by atoms with Gasteiger partial charge in [-0.15, -0.1) is 0 Å². The Kier molecular flexibility index (Phi) is 7.77. The molecule has 1 fully saturated rings. The van der Waals surface area contributed by atoms with Gasteiger partial charge in [0.15, 0.2) is 11.6 Å². The standard InChI is InChI=1S/C33H26F5N3O4/c1-33(2)16-44-15-29(33)41-28-10-17(32(42)43)6-7-27(28)39-30(41)11-18-8-23(36)20(12-21(18)34)26-4-3-5-31(40-26)45-14-19-9-24(37)25(38)13-22(19)35/h3-10,12-13,29H,11,14-16H2,1-2H3,(H,42,43). The molecule has 0 bridgehead atoms. The minimum Gasteiger partial charge on any atom is -0.478 e. The maximum atomic E-state index is 15.6. The summed E-state index contributed by atoms with van der Waals surface area (Å²) < 4.78 is 84.9. The van der Waals surface area contributed by atoms with Gasteiger partial charge in [0.2, 0.25) is 5.88 Å². The Bertz CT molecular complexity index is 1960. The molecule has 0 spiro atoms. The fourth-order valence-electron chi connectivity index (χ4n) is 5.49. The first kappa shape index (κ1) is 30.2. The molecule has 0 saturated carbocycles. The number of rotatable bonds is 8. The quantitative estimate of drug-likeness (QED) is 0.145. The second-order valence-electron chi connectivity index (χ2n) is 11.5. The number of fused-ring (bicyclic) bond motifs is 1. The minimum absolute atomic E-state index is 0.0178. The first-order chi connectivity index (χ1) is 21.4. The summed E-state index contributed by atoms with van der Waals surface area (Å²) >= 11 is 0. The van der Waals surface area contributed by atoms with E-state index in [4.69, 9.17) is 9.47 Å². The van der Waals surface area contributed by atoms with E-state index < -0.39 is 41.7 Å². The lowest BCUT2D eigenvalue weighted by atomic mass is 9.87. The molecule has 0 aliphatic carbocycles. The lowest BCUT2D eigenvalue weighted by Crippen LogP contribution is -2.27. The molecule has 2 aromatic heterocycles. The van der Waals surface area contributed by atoms with Gasteiger partial charge < -0.3 is 19.1 Å². The fraction of sp³-hybridized carbons (Fsp3) is 0.242. The van der Waals surface area contributed by atoms with Crippen LogP contribution in [0.3, 0.4) is 0 Å². The highest BCUT2D eigenvalue weighted by Gasteiger charge is 2.39. The smallest absolute Gasteiger partial charge is 0.335 e. The van der Waals surface area contributed by atoms with Crippen molar-refractivity contribution < 1.29 is 41.3 Å². The monoisotopic (exact) mass is 623 g/mol. The van der Waals surface area contributed by atoms with Crippen molar-refractivity contribution in [1.29, 1.82) is 0 Å². The van der Waals surface area contributed by atoms with E-state index in [-0.39, 0.29) is 51.7 Å². The molecule has 1 N–H and O–H groups in total. The third-order valence-electron chi connectivity index (χ3n) is 7.92. The van der Waals surface area contributed by atoms with Crippen molar-refractivity contribution >= 4 is 17.0 Å². The Morgan fingerprint density at radius 2 is 1.67 bits per heavy atom. The Labute approximate surface area is 253 Å². The summed E-state index contributed by atoms with van der Waals surface area (Å²) in [5.41, 5.74) is 0.427. The second-order valence-corrected chi connectivity index (χ2v) is 11.5. The number of carboxylic acids is 1. The van der Waals surface area contributed by atoms with Crippen LogP contribution in [0.25, 0.3) is 22.3 Å². The lowest BCUT2D eigenvalue weighted by molar-refractivity contribution is 0.0697. The van der Waals surface area contributed by atoms with E-state index in [0.717, 1.165) is 12.1 Å². The van der Waals surface area contributed by atoms with E-state index in [9.17, 15) is 23.1 Å². The first-order valence-corrected chi connectivity index (χ1v) is 13.9. The summed E-state index contributed by atoms with van der Waals surface area (Å²) in [6, 6.07) is 11.8. The van der Waals surface area contributed by atoms with Crippen LogP contribution in [-0.2, 0) is 17.8 Å². The van der Waals surface area contributed by atoms with Crippen LogP contribution >= 0.6 is 0 Å². The predicted octanol–water partition coefficient (Wildman–Crippen LogP) is 7.26. The van der Waals surface area contributed by atoms with E-state index >= 15 is 8.78 Å². The summed E-state index contributed by atoms with van der Waals surface area (Å²) in [5, 5.41) is 9.56. The first-order valence-electron chi connectivity index (χ1n) is 13.9. The van der Waals surface area contributed by atoms with Gasteiger partial charge in [0, 0.05) is 35.1 Å². The van der Waals surface area contributed by atoms with Crippen LogP contribution in [0.5, 0.6) is 5.88 Å². The number of halogens is 5. The number of pyridine rings is 1. The van der Waals surface area contributed by atoms with Gasteiger partial charge in [-0.1, -0.05) is 19.9 Å². The summed E-state index contributed by atoms with van der Waals surface area (Å²) in [7, 11) is 0. The maximum Gasteiger partial charge on any atom is 0.335 e. The number of nitrogens with zero attached hydrogens (tertiary/aromatic N) is 3. The van der Waals surface area contributed by atoms with Gasteiger partial charge in [0.05, 0.1) is 41.5 Å². The van der Waals surface area contributed by atoms with Crippen molar-refractivity contribution in [3.05, 3.63) is 112 Å². The molecule has 1 saturated heterocycles. The Morgan fingerprint density at radius 1 is 0.933 bits per heavy atom. The molecule has 5 aromatic rings. The zero-order valence-corrected chi connectivity index (χ0v) is 24.1. The van der Waals surface area contributed by atoms with Gasteiger partial charge in [0.1, 0.15) is 29.9 Å². The van der Waals surface area contributed by atoms with Gasteiger partial charge in [-0.05, 0) is 48.0 Å². The molecule has 232 valence electrons. The zero-order valence-electron chi connectivity index (χ0n) is 24.1. The summed E-state index contributed by atoms with van der Waals surface area (Å²) in [4.78, 5) is 20.5. The van der Waals surface area contributed by atoms with Crippen LogP contribution in [0.15, 0.2) is 60.7 Å². The van der Waals surface area contributed by atoms with Crippen LogP contribution in [0.2, 0.25) is 0 Å². The van der Waals surface area contributed by atoms with E-state index in [2.05, 4.69) is 9.97 Å². The van der Waals surface area contributed by atoms with E-state index in [1.54, 1.807) is 6.07 Å². The number of aromatic carboxylic acids is 1. The zero-order chi connectivity index (χ0) is 32.0. The summed E-state index contributed by atoms with van der Waals surface area (Å²) in [6.45, 7) is 4.34. The normalized spacial score (nSPS) is 15.9. The van der Waals surface area contributed by atoms with Gasteiger partial charge in [-0.2, -0.15) is 0 Å². The molecule has 3 aromatic carbocycles. The van der Waals surface area contributed by atoms with Crippen molar-refractivity contribution in [2.45, 2.75) is 32.9 Å². The molecule has 0 amide bonds. The minimum atomic E-state index is -1.33. The summed E-state index contributed by atoms with van der Waals surface area (Å²) in [6.07, 6.45) is -0.0942. The van der Waals surface area contributed by atoms with Crippen LogP contribution in [0.1, 0.15) is 47.2 Å².